The van der Waals surface area contributed by atoms with Crippen molar-refractivity contribution in [1.29, 1.82) is 0 Å². The van der Waals surface area contributed by atoms with Gasteiger partial charge in [0.05, 0.1) is 5.39 Å². The van der Waals surface area contributed by atoms with Crippen molar-refractivity contribution in [2.45, 2.75) is 6.92 Å². The van der Waals surface area contributed by atoms with Gasteiger partial charge >= 0.3 is 6.01 Å². The zero-order chi connectivity index (χ0) is 8.01. The Morgan fingerprint density at radius 2 is 2.18 bits per heavy atom. The third-order valence-corrected chi connectivity index (χ3v) is 2.34. The minimum absolute atomic E-state index is 0.241. The van der Waals surface area contributed by atoms with Crippen LogP contribution in [0.5, 0.6) is 0 Å². The van der Waals surface area contributed by atoms with Gasteiger partial charge < -0.3 is 4.42 Å². The first-order valence-corrected chi connectivity index (χ1v) is 3.84. The van der Waals surface area contributed by atoms with E-state index in [1.54, 1.807) is 6.07 Å². The van der Waals surface area contributed by atoms with Gasteiger partial charge in [-0.1, -0.05) is 0 Å². The maximum Gasteiger partial charge on any atom is 0.316 e. The number of hydrogen-bond acceptors (Lipinski definition) is 2. The second kappa shape index (κ2) is 2.04. The summed E-state index contributed by atoms with van der Waals surface area (Å²) < 4.78 is 29.6. The van der Waals surface area contributed by atoms with Crippen LogP contribution in [0.3, 0.4) is 0 Å². The summed E-state index contributed by atoms with van der Waals surface area (Å²) in [5, 5.41) is 0.241. The minimum Gasteiger partial charge on any atom is -0.418 e. The number of furan rings is 1. The van der Waals surface area contributed by atoms with E-state index in [9.17, 15) is 8.78 Å². The van der Waals surface area contributed by atoms with Crippen molar-refractivity contribution in [2.75, 3.05) is 0 Å². The van der Waals surface area contributed by atoms with Gasteiger partial charge in [-0.3, -0.25) is 0 Å². The van der Waals surface area contributed by atoms with Crippen LogP contribution in [0.2, 0.25) is 0 Å². The van der Waals surface area contributed by atoms with Crippen molar-refractivity contribution < 1.29 is 13.2 Å². The molecule has 58 valence electrons. The average molecular weight is 174 g/mol. The Kier molecular flexibility index (Phi) is 1.26. The molecule has 1 nitrogen and oxygen atoms in total. The smallest absolute Gasteiger partial charge is 0.316 e. The zero-order valence-corrected chi connectivity index (χ0v) is 6.47. The van der Waals surface area contributed by atoms with Gasteiger partial charge in [0, 0.05) is 4.88 Å². The predicted molar refractivity (Wildman–Crippen MR) is 38.7 cm³/mol. The molecule has 0 atom stereocenters. The first-order chi connectivity index (χ1) is 5.18. The lowest BCUT2D eigenvalue weighted by molar-refractivity contribution is 0.344. The van der Waals surface area contributed by atoms with Gasteiger partial charge in [-0.15, -0.1) is 11.3 Å². The lowest BCUT2D eigenvalue weighted by Gasteiger charge is -1.76. The zero-order valence-electron chi connectivity index (χ0n) is 5.65. The molecule has 0 bridgehead atoms. The van der Waals surface area contributed by atoms with E-state index >= 15 is 0 Å². The lowest BCUT2D eigenvalue weighted by atomic mass is 10.4. The Hall–Kier alpha value is -0.900. The maximum absolute atomic E-state index is 12.7. The van der Waals surface area contributed by atoms with E-state index in [2.05, 4.69) is 4.42 Å². The van der Waals surface area contributed by atoms with Crippen LogP contribution in [-0.2, 0) is 0 Å². The van der Waals surface area contributed by atoms with Gasteiger partial charge in [0.15, 0.2) is 4.90 Å². The molecular formula is C7H4F2OS. The summed E-state index contributed by atoms with van der Waals surface area (Å²) in [5.74, 6) is -0.885. The molecule has 0 spiro atoms. The first-order valence-electron chi connectivity index (χ1n) is 3.02. The third kappa shape index (κ3) is 0.860. The Bertz CT molecular complexity index is 402. The predicted octanol–water partition coefficient (Wildman–Crippen LogP) is 3.08. The number of thiophene rings is 1. The van der Waals surface area contributed by atoms with Crippen LogP contribution in [0.1, 0.15) is 4.88 Å². The normalized spacial score (nSPS) is 11.2. The van der Waals surface area contributed by atoms with Gasteiger partial charge in [0.1, 0.15) is 0 Å². The SMILES string of the molecule is Cc1cc2c(F)c(F)oc2s1. The summed E-state index contributed by atoms with van der Waals surface area (Å²) in [6.45, 7) is 1.82. The summed E-state index contributed by atoms with van der Waals surface area (Å²) in [6.07, 6.45) is 0. The van der Waals surface area contributed by atoms with Crippen LogP contribution < -0.4 is 0 Å². The van der Waals surface area contributed by atoms with E-state index in [4.69, 9.17) is 0 Å². The molecule has 0 N–H and O–H groups in total. The second-order valence-electron chi connectivity index (χ2n) is 2.25. The molecule has 0 saturated carbocycles. The molecule has 2 aromatic rings. The van der Waals surface area contributed by atoms with Crippen molar-refractivity contribution in [3.8, 4) is 0 Å². The summed E-state index contributed by atoms with van der Waals surface area (Å²) >= 11 is 1.24. The first kappa shape index (κ1) is 6.79. The number of rotatable bonds is 0. The molecule has 0 aromatic carbocycles. The Labute approximate surface area is 65.2 Å². The van der Waals surface area contributed by atoms with Gasteiger partial charge in [0.2, 0.25) is 5.82 Å². The highest BCUT2D eigenvalue weighted by molar-refractivity contribution is 7.18. The highest BCUT2D eigenvalue weighted by Crippen LogP contribution is 2.30. The van der Waals surface area contributed by atoms with Crippen LogP contribution in [0.15, 0.2) is 10.5 Å². The van der Waals surface area contributed by atoms with Crippen molar-refractivity contribution in [3.63, 3.8) is 0 Å². The summed E-state index contributed by atoms with van der Waals surface area (Å²) in [5.41, 5.74) is 0. The fourth-order valence-electron chi connectivity index (χ4n) is 0.954. The number of halogens is 2. The summed E-state index contributed by atoms with van der Waals surface area (Å²) in [6, 6.07) is 0.452. The lowest BCUT2D eigenvalue weighted by Crippen LogP contribution is -1.70. The molecule has 2 aromatic heterocycles. The summed E-state index contributed by atoms with van der Waals surface area (Å²) in [4.78, 5) is 1.23. The standard InChI is InChI=1S/C7H4F2OS/c1-3-2-4-5(8)6(9)10-7(4)11-3/h2H,1H3. The van der Waals surface area contributed by atoms with Crippen molar-refractivity contribution >= 4 is 21.6 Å². The molecule has 0 saturated heterocycles. The monoisotopic (exact) mass is 174 g/mol. The van der Waals surface area contributed by atoms with E-state index in [1.165, 1.54) is 11.3 Å². The molecule has 0 aliphatic carbocycles. The second-order valence-corrected chi connectivity index (χ2v) is 3.47. The fraction of sp³-hybridized carbons (Fsp3) is 0.143. The molecule has 0 unspecified atom stereocenters. The molecule has 0 aliphatic rings. The molecule has 2 heterocycles. The average Bonchev–Trinajstić information content (AvgIpc) is 2.37. The minimum atomic E-state index is -1.12. The number of fused-ring (bicyclic) bond motifs is 1. The van der Waals surface area contributed by atoms with Crippen LogP contribution in [0, 0.1) is 18.8 Å². The number of aryl methyl sites for hydroxylation is 1. The molecule has 0 aliphatic heterocycles. The molecule has 0 amide bonds. The van der Waals surface area contributed by atoms with E-state index in [0.717, 1.165) is 4.88 Å². The van der Waals surface area contributed by atoms with Crippen LogP contribution in [0.4, 0.5) is 8.78 Å². The number of hydrogen-bond donors (Lipinski definition) is 0. The van der Waals surface area contributed by atoms with Gasteiger partial charge in [0.25, 0.3) is 0 Å². The van der Waals surface area contributed by atoms with Crippen molar-refractivity contribution in [2.24, 2.45) is 0 Å². The quantitative estimate of drug-likeness (QED) is 0.598. The Balaban J connectivity index is 2.88. The maximum atomic E-state index is 12.7. The molecule has 0 radical (unpaired) electrons. The molecule has 0 fully saturated rings. The molecule has 4 heteroatoms. The highest BCUT2D eigenvalue weighted by Gasteiger charge is 2.15. The summed E-state index contributed by atoms with van der Waals surface area (Å²) in [7, 11) is 0. The van der Waals surface area contributed by atoms with E-state index in [1.807, 2.05) is 6.92 Å². The third-order valence-electron chi connectivity index (χ3n) is 1.41. The van der Waals surface area contributed by atoms with Crippen molar-refractivity contribution in [1.82, 2.24) is 0 Å². The van der Waals surface area contributed by atoms with E-state index in [0.29, 0.717) is 4.90 Å². The van der Waals surface area contributed by atoms with E-state index in [-0.39, 0.29) is 5.39 Å². The van der Waals surface area contributed by atoms with Gasteiger partial charge in [-0.2, -0.15) is 8.78 Å². The molecule has 2 rings (SSSR count). The van der Waals surface area contributed by atoms with Gasteiger partial charge in [-0.25, -0.2) is 0 Å². The largest absolute Gasteiger partial charge is 0.418 e. The Morgan fingerprint density at radius 3 is 2.82 bits per heavy atom. The Morgan fingerprint density at radius 1 is 1.45 bits per heavy atom. The van der Waals surface area contributed by atoms with Crippen molar-refractivity contribution in [3.05, 3.63) is 22.8 Å². The van der Waals surface area contributed by atoms with Crippen LogP contribution in [-0.4, -0.2) is 0 Å². The van der Waals surface area contributed by atoms with E-state index < -0.39 is 11.8 Å². The van der Waals surface area contributed by atoms with Crippen LogP contribution >= 0.6 is 11.3 Å². The highest BCUT2D eigenvalue weighted by atomic mass is 32.1. The molecule has 11 heavy (non-hydrogen) atoms. The van der Waals surface area contributed by atoms with Crippen LogP contribution in [0.25, 0.3) is 10.3 Å². The van der Waals surface area contributed by atoms with Gasteiger partial charge in [-0.05, 0) is 13.0 Å². The fourth-order valence-corrected chi connectivity index (χ4v) is 1.80. The molecular weight excluding hydrogens is 170 g/mol. The topological polar surface area (TPSA) is 13.1 Å².